The first kappa shape index (κ1) is 20.2. The number of methoxy groups -OCH3 is 1. The molecular formula is C24H26N6O2. The molecule has 0 fully saturated rings. The lowest BCUT2D eigenvalue weighted by Crippen LogP contribution is -2.40. The van der Waals surface area contributed by atoms with Gasteiger partial charge in [-0.05, 0) is 57.0 Å². The largest absolute Gasteiger partial charge is 0.481 e. The van der Waals surface area contributed by atoms with Crippen LogP contribution in [-0.2, 0) is 18.5 Å². The van der Waals surface area contributed by atoms with Gasteiger partial charge in [0.1, 0.15) is 5.82 Å². The molecule has 0 radical (unpaired) electrons. The summed E-state index contributed by atoms with van der Waals surface area (Å²) in [6.45, 7) is 7.54. The lowest BCUT2D eigenvalue weighted by molar-refractivity contribution is 0.380. The van der Waals surface area contributed by atoms with Crippen molar-refractivity contribution in [1.29, 1.82) is 0 Å². The predicted molar refractivity (Wildman–Crippen MR) is 123 cm³/mol. The van der Waals surface area contributed by atoms with Crippen molar-refractivity contribution in [3.63, 3.8) is 0 Å². The average Bonchev–Trinajstić information content (AvgIpc) is 3.21. The molecule has 8 heteroatoms. The van der Waals surface area contributed by atoms with E-state index in [9.17, 15) is 4.79 Å². The minimum absolute atomic E-state index is 0.111. The molecule has 1 aliphatic heterocycles. The average molecular weight is 431 g/mol. The van der Waals surface area contributed by atoms with Crippen molar-refractivity contribution in [1.82, 2.24) is 24.1 Å². The van der Waals surface area contributed by atoms with Gasteiger partial charge in [0.2, 0.25) is 5.88 Å². The highest BCUT2D eigenvalue weighted by Crippen LogP contribution is 2.31. The number of hydrogen-bond donors (Lipinski definition) is 0. The highest BCUT2D eigenvalue weighted by atomic mass is 16.5. The zero-order valence-corrected chi connectivity index (χ0v) is 18.7. The van der Waals surface area contributed by atoms with E-state index in [-0.39, 0.29) is 11.1 Å². The molecule has 0 spiro atoms. The van der Waals surface area contributed by atoms with Crippen LogP contribution in [0.2, 0.25) is 0 Å². The Labute approximate surface area is 186 Å². The minimum atomic E-state index is -0.235. The van der Waals surface area contributed by atoms with Crippen LogP contribution < -0.4 is 15.2 Å². The lowest BCUT2D eigenvalue weighted by atomic mass is 10.00. The van der Waals surface area contributed by atoms with E-state index < -0.39 is 0 Å². The summed E-state index contributed by atoms with van der Waals surface area (Å²) in [7, 11) is 1.61. The second kappa shape index (κ2) is 7.47. The maximum absolute atomic E-state index is 13.0. The van der Waals surface area contributed by atoms with Gasteiger partial charge in [-0.3, -0.25) is 4.79 Å². The van der Waals surface area contributed by atoms with Crippen LogP contribution in [0.3, 0.4) is 0 Å². The van der Waals surface area contributed by atoms with Crippen LogP contribution in [0.25, 0.3) is 16.8 Å². The summed E-state index contributed by atoms with van der Waals surface area (Å²) in [5.41, 5.74) is 4.30. The van der Waals surface area contributed by atoms with Crippen LogP contribution >= 0.6 is 0 Å². The zero-order chi connectivity index (χ0) is 22.5. The molecule has 0 aliphatic carbocycles. The normalized spacial score (nSPS) is 13.9. The number of fused-ring (bicyclic) bond motifs is 2. The molecule has 4 aromatic heterocycles. The molecular weight excluding hydrogens is 404 g/mol. The molecule has 5 rings (SSSR count). The number of anilines is 1. The van der Waals surface area contributed by atoms with Crippen molar-refractivity contribution in [3.05, 3.63) is 70.5 Å². The van der Waals surface area contributed by atoms with Crippen molar-refractivity contribution in [2.75, 3.05) is 18.6 Å². The van der Waals surface area contributed by atoms with Crippen LogP contribution in [0.1, 0.15) is 31.9 Å². The van der Waals surface area contributed by atoms with E-state index in [0.717, 1.165) is 40.3 Å². The summed E-state index contributed by atoms with van der Waals surface area (Å²) in [5, 5.41) is 4.45. The summed E-state index contributed by atoms with van der Waals surface area (Å²) in [4.78, 5) is 24.4. The Morgan fingerprint density at radius 2 is 1.94 bits per heavy atom. The van der Waals surface area contributed by atoms with Crippen molar-refractivity contribution in [2.24, 2.45) is 0 Å². The number of nitrogens with zero attached hydrogens (tertiary/aromatic N) is 6. The maximum atomic E-state index is 13.0. The number of rotatable bonds is 3. The topological polar surface area (TPSA) is 77.5 Å². The van der Waals surface area contributed by atoms with E-state index in [0.29, 0.717) is 18.8 Å². The smallest absolute Gasteiger partial charge is 0.254 e. The zero-order valence-electron chi connectivity index (χ0n) is 18.7. The summed E-state index contributed by atoms with van der Waals surface area (Å²) in [6, 6.07) is 7.86. The number of aromatic nitrogens is 5. The molecule has 32 heavy (non-hydrogen) atoms. The third-order valence-electron chi connectivity index (χ3n) is 5.94. The first-order valence-electron chi connectivity index (χ1n) is 10.7. The van der Waals surface area contributed by atoms with Crippen molar-refractivity contribution in [3.8, 4) is 17.0 Å². The molecule has 0 saturated heterocycles. The van der Waals surface area contributed by atoms with E-state index in [2.05, 4.69) is 41.8 Å². The molecule has 164 valence electrons. The molecule has 0 bridgehead atoms. The Morgan fingerprint density at radius 1 is 1.09 bits per heavy atom. The van der Waals surface area contributed by atoms with Crippen LogP contribution in [0, 0.1) is 0 Å². The fraction of sp³-hybridized carbons (Fsp3) is 0.333. The number of ether oxygens (including phenoxy) is 1. The van der Waals surface area contributed by atoms with E-state index in [4.69, 9.17) is 9.72 Å². The highest BCUT2D eigenvalue weighted by Gasteiger charge is 2.24. The fourth-order valence-corrected chi connectivity index (χ4v) is 4.27. The first-order valence-corrected chi connectivity index (χ1v) is 10.7. The molecule has 1 aliphatic rings. The molecule has 8 nitrogen and oxygen atoms in total. The van der Waals surface area contributed by atoms with Gasteiger partial charge in [-0.25, -0.2) is 14.5 Å². The Balaban J connectivity index is 1.52. The lowest BCUT2D eigenvalue weighted by Gasteiger charge is -2.31. The minimum Gasteiger partial charge on any atom is -0.481 e. The molecule has 0 unspecified atom stereocenters. The summed E-state index contributed by atoms with van der Waals surface area (Å²) < 4.78 is 9.01. The Bertz CT molecular complexity index is 1370. The first-order chi connectivity index (χ1) is 15.4. The van der Waals surface area contributed by atoms with Gasteiger partial charge in [-0.15, -0.1) is 0 Å². The Kier molecular flexibility index (Phi) is 4.73. The second-order valence-electron chi connectivity index (χ2n) is 9.01. The third-order valence-corrected chi connectivity index (χ3v) is 5.94. The Morgan fingerprint density at radius 3 is 2.72 bits per heavy atom. The van der Waals surface area contributed by atoms with Crippen LogP contribution in [0.15, 0.2) is 53.8 Å². The fourth-order valence-electron chi connectivity index (χ4n) is 4.27. The molecule has 0 aromatic carbocycles. The number of pyridine rings is 2. The van der Waals surface area contributed by atoms with Gasteiger partial charge in [0.15, 0.2) is 5.65 Å². The number of hydrogen-bond acceptors (Lipinski definition) is 6. The van der Waals surface area contributed by atoms with Crippen molar-refractivity contribution >= 4 is 11.5 Å². The Hall–Kier alpha value is -3.68. The van der Waals surface area contributed by atoms with Gasteiger partial charge < -0.3 is 14.2 Å². The standard InChI is InChI=1S/C24H26N6O2/c1-24(2,3)29-12-7-16-15-28(11-8-17(16)23(29)31)20-9-13-30-21(27-20)19(14-26-30)18-6-5-10-25-22(18)32-4/h5-7,9-10,12-14H,8,11,15H2,1-4H3. The molecule has 0 saturated carbocycles. The summed E-state index contributed by atoms with van der Waals surface area (Å²) >= 11 is 0. The van der Waals surface area contributed by atoms with Gasteiger partial charge in [0, 0.05) is 48.3 Å². The molecule has 4 aromatic rings. The van der Waals surface area contributed by atoms with Crippen molar-refractivity contribution in [2.45, 2.75) is 39.3 Å². The van der Waals surface area contributed by atoms with Gasteiger partial charge in [0.05, 0.1) is 18.9 Å². The monoisotopic (exact) mass is 430 g/mol. The van der Waals surface area contributed by atoms with Gasteiger partial charge in [-0.2, -0.15) is 5.10 Å². The van der Waals surface area contributed by atoms with Crippen LogP contribution in [0.4, 0.5) is 5.82 Å². The van der Waals surface area contributed by atoms with Gasteiger partial charge >= 0.3 is 0 Å². The van der Waals surface area contributed by atoms with E-state index in [1.54, 1.807) is 24.0 Å². The second-order valence-corrected chi connectivity index (χ2v) is 9.01. The molecule has 0 amide bonds. The van der Waals surface area contributed by atoms with E-state index >= 15 is 0 Å². The third kappa shape index (κ3) is 3.32. The summed E-state index contributed by atoms with van der Waals surface area (Å²) in [6.07, 6.45) is 8.00. The van der Waals surface area contributed by atoms with E-state index in [1.807, 2.05) is 35.2 Å². The van der Waals surface area contributed by atoms with Gasteiger partial charge in [0.25, 0.3) is 5.56 Å². The quantitative estimate of drug-likeness (QED) is 0.496. The SMILES string of the molecule is COc1ncccc1-c1cnn2ccc(N3CCc4c(ccn(C(C)(C)C)c4=O)C3)nc12. The molecule has 5 heterocycles. The summed E-state index contributed by atoms with van der Waals surface area (Å²) in [5.74, 6) is 1.39. The molecule has 0 N–H and O–H groups in total. The maximum Gasteiger partial charge on any atom is 0.254 e. The highest BCUT2D eigenvalue weighted by molar-refractivity contribution is 5.80. The van der Waals surface area contributed by atoms with Crippen molar-refractivity contribution < 1.29 is 4.74 Å². The molecule has 0 atom stereocenters. The van der Waals surface area contributed by atoms with Gasteiger partial charge in [-0.1, -0.05) is 0 Å². The van der Waals surface area contributed by atoms with E-state index in [1.165, 1.54) is 0 Å². The van der Waals surface area contributed by atoms with Crippen LogP contribution in [0.5, 0.6) is 5.88 Å². The predicted octanol–water partition coefficient (Wildman–Crippen LogP) is 3.28. The van der Waals surface area contributed by atoms with Crippen LogP contribution in [-0.4, -0.2) is 37.8 Å².